The number of aromatic nitrogens is 9. The van der Waals surface area contributed by atoms with Gasteiger partial charge in [-0.25, -0.2) is 0 Å². The molecule has 0 atom stereocenters. The second-order valence-corrected chi connectivity index (χ2v) is 38.6. The summed E-state index contributed by atoms with van der Waals surface area (Å²) in [6.45, 7) is 0. The van der Waals surface area contributed by atoms with Crippen molar-refractivity contribution in [3.63, 3.8) is 0 Å². The molecule has 0 bridgehead atoms. The van der Waals surface area contributed by atoms with E-state index in [1.807, 2.05) is 133 Å². The van der Waals surface area contributed by atoms with Gasteiger partial charge in [-0.2, -0.15) is 0 Å². The van der Waals surface area contributed by atoms with Gasteiger partial charge in [-0.1, -0.05) is 109 Å². The minimum absolute atomic E-state index is 0.639. The van der Waals surface area contributed by atoms with Gasteiger partial charge in [0.1, 0.15) is 0 Å². The summed E-state index contributed by atoms with van der Waals surface area (Å²) < 4.78 is 3.54. The van der Waals surface area contributed by atoms with Gasteiger partial charge in [-0.15, -0.1) is 0 Å². The molecule has 694 valence electrons. The van der Waals surface area contributed by atoms with Crippen LogP contribution in [0.25, 0.3) is 246 Å². The Labute approximate surface area is 878 Å². The van der Waals surface area contributed by atoms with Crippen molar-refractivity contribution in [2.75, 3.05) is 0 Å². The van der Waals surface area contributed by atoms with E-state index in [1.165, 1.54) is 102 Å². The predicted octanol–water partition coefficient (Wildman–Crippen LogP) is 30.3. The number of hydrogen-bond acceptors (Lipinski definition) is 9. The topological polar surface area (TPSA) is 116 Å². The van der Waals surface area contributed by atoms with Crippen LogP contribution in [0.15, 0.2) is 534 Å². The monoisotopic (exact) mass is 2080 g/mol. The van der Waals surface area contributed by atoms with Crippen molar-refractivity contribution in [2.45, 2.75) is 0 Å². The van der Waals surface area contributed by atoms with E-state index >= 15 is 0 Å². The van der Waals surface area contributed by atoms with E-state index in [4.69, 9.17) is 44.9 Å². The molecule has 0 saturated heterocycles. The molecule has 3 aromatic heterocycles. The van der Waals surface area contributed by atoms with Crippen LogP contribution in [0.5, 0.6) is 0 Å². The number of benzene rings is 22. The summed E-state index contributed by atoms with van der Waals surface area (Å²) in [7, 11) is 0. The fourth-order valence-electron chi connectivity index (χ4n) is 19.4. The van der Waals surface area contributed by atoms with Gasteiger partial charge in [0.2, 0.25) is 0 Å². The van der Waals surface area contributed by atoms with Crippen molar-refractivity contribution in [1.29, 1.82) is 0 Å². The number of rotatable bonds is 19. The minimum atomic E-state index is 0.639. The molecule has 0 saturated carbocycles. The van der Waals surface area contributed by atoms with Crippen molar-refractivity contribution in [3.05, 3.63) is 534 Å². The molecule has 0 radical (unpaired) electrons. The molecule has 25 aromatic rings. The van der Waals surface area contributed by atoms with Crippen LogP contribution in [0.2, 0.25) is 0 Å². The zero-order valence-corrected chi connectivity index (χ0v) is 85.3. The molecular weight excluding hydrogens is 1980 g/mol. The Balaban J connectivity index is 0.000000122. The van der Waals surface area contributed by atoms with E-state index in [0.717, 1.165) is 105 Å². The second kappa shape index (κ2) is 42.8. The van der Waals surface area contributed by atoms with Crippen LogP contribution in [0, 0.1) is 0 Å². The van der Waals surface area contributed by atoms with Gasteiger partial charge in [0.15, 0.2) is 0 Å². The first-order chi connectivity index (χ1) is 72.6. The third kappa shape index (κ3) is 19.9. The molecule has 147 heavy (non-hydrogen) atoms. The van der Waals surface area contributed by atoms with Gasteiger partial charge in [0.25, 0.3) is 0 Å². The molecule has 0 spiro atoms. The van der Waals surface area contributed by atoms with Crippen LogP contribution in [-0.2, 0) is 0 Å². The van der Waals surface area contributed by atoms with Crippen LogP contribution in [0.4, 0.5) is 0 Å². The van der Waals surface area contributed by atoms with Crippen LogP contribution in [-0.4, -0.2) is 92.9 Å². The average Bonchev–Trinajstić information content (AvgIpc) is 0.747. The van der Waals surface area contributed by atoms with Gasteiger partial charge in [-0.3, -0.25) is 0 Å². The zero-order chi connectivity index (χ0) is 98.7. The molecule has 22 aromatic carbocycles. The van der Waals surface area contributed by atoms with Crippen LogP contribution in [0.1, 0.15) is 0 Å². The summed E-state index contributed by atoms with van der Waals surface area (Å²) in [6.07, 6.45) is 0. The van der Waals surface area contributed by atoms with Crippen molar-refractivity contribution in [2.24, 2.45) is 0 Å². The van der Waals surface area contributed by atoms with E-state index < -0.39 is 0 Å². The average molecular weight is 2080 g/mol. The first-order valence-corrected chi connectivity index (χ1v) is 51.7. The van der Waals surface area contributed by atoms with Crippen molar-refractivity contribution < 1.29 is 0 Å². The Hall–Kier alpha value is -17.8. The summed E-state index contributed by atoms with van der Waals surface area (Å²) in [5.41, 5.74) is 32.3. The van der Waals surface area contributed by atoms with E-state index in [2.05, 4.69) is 448 Å². The normalized spacial score (nSPS) is 11.1. The van der Waals surface area contributed by atoms with Gasteiger partial charge in [-0.05, 0) is 22.3 Å². The van der Waals surface area contributed by atoms with Crippen molar-refractivity contribution in [3.8, 4) is 214 Å². The predicted molar refractivity (Wildman–Crippen MR) is 616 cm³/mol. The van der Waals surface area contributed by atoms with Crippen LogP contribution < -0.4 is 13.4 Å². The van der Waals surface area contributed by atoms with E-state index in [0.29, 0.717) is 52.4 Å². The van der Waals surface area contributed by atoms with Crippen LogP contribution >= 0.6 is 0 Å². The molecule has 25 rings (SSSR count). The number of hydrogen-bond donors (Lipinski definition) is 0. The standard InChI is InChI=1S/C49H33N3Se.2C43H29N3Se/c53-46-40(39-21-10-20-38(32-39)34-16-6-2-7-17-34)22-11-26-44(46)42-24-12-25-43-41(42)23-13-27-45(43)49-51-47(36-18-8-3-9-19-36)50-48(52-49)37-30-28-35(29-31-37)33-14-4-1-5-15-33;47-39-25-13-24-37(40(39)33-21-12-20-32(28-33)29-14-4-1-5-15-29)36-26-27-38(35-23-11-10-22-34(35)36)43-45-41(30-16-6-2-7-17-30)44-42(46-43)31-18-8-3-9-19-31;47-40-34(31-15-6-2-7-16-31)21-12-22-38(40)37-27-28-39(36-20-11-10-19-35(36)37)43-45-41(32-17-8-3-9-18-32)44-42(46-43)33-25-23-30(24-26-33)29-13-4-1-5-14-29/h1-32,53H;2*1-28,47H. The number of nitrogens with zero attached hydrogens (tertiary/aromatic N) is 9. The van der Waals surface area contributed by atoms with E-state index in [-0.39, 0.29) is 0 Å². The van der Waals surface area contributed by atoms with E-state index in [1.54, 1.807) is 0 Å². The molecule has 9 nitrogen and oxygen atoms in total. The molecule has 0 amide bonds. The maximum atomic E-state index is 5.13. The molecule has 0 N–H and O–H groups in total. The Morgan fingerprint density at radius 2 is 0.299 bits per heavy atom. The first kappa shape index (κ1) is 92.9. The molecule has 3 heterocycles. The zero-order valence-electron chi connectivity index (χ0n) is 79.7. The summed E-state index contributed by atoms with van der Waals surface area (Å²) in [4.78, 5) is 45.4. The maximum absolute atomic E-state index is 5.13. The molecular formula is C135H91N9Se3. The van der Waals surface area contributed by atoms with E-state index in [9.17, 15) is 0 Å². The van der Waals surface area contributed by atoms with Gasteiger partial charge in [0.05, 0.1) is 0 Å². The quantitative estimate of drug-likeness (QED) is 0.0730. The Bertz CT molecular complexity index is 9020. The molecule has 0 unspecified atom stereocenters. The number of fused-ring (bicyclic) bond motifs is 3. The Kier molecular flexibility index (Phi) is 27.0. The Morgan fingerprint density at radius 3 is 0.667 bits per heavy atom. The molecule has 0 aliphatic rings. The third-order valence-electron chi connectivity index (χ3n) is 26.6. The van der Waals surface area contributed by atoms with Crippen LogP contribution in [0.3, 0.4) is 0 Å². The Morgan fingerprint density at radius 1 is 0.109 bits per heavy atom. The summed E-state index contributed by atoms with van der Waals surface area (Å²) in [5, 5.41) is 6.71. The van der Waals surface area contributed by atoms with Gasteiger partial charge in [0, 0.05) is 0 Å². The molecule has 0 fully saturated rings. The molecule has 12 heteroatoms. The fourth-order valence-corrected chi connectivity index (χ4v) is 21.7. The SMILES string of the molecule is [SeH]c1c(-c2cccc(-c3ccccc3)c2)cccc1-c1cccc2c(-c3nc(-c4ccccc4)nc(-c4ccc(-c5ccccc5)cc4)n3)cccc12.[SeH]c1c(-c2ccccc2)cccc1-c1ccc(-c2nc(-c3ccccc3)nc(-c3ccc(-c4ccccc4)cc3)n2)c2ccccc12.[SeH]c1cccc(-c2ccc(-c3nc(-c4ccccc4)nc(-c4ccccc4)n3)c3ccccc23)c1-c1cccc(-c2ccccc2)c1. The molecule has 0 aliphatic heterocycles. The van der Waals surface area contributed by atoms with Gasteiger partial charge < -0.3 is 0 Å². The molecule has 0 aliphatic carbocycles. The summed E-state index contributed by atoms with van der Waals surface area (Å²) in [6, 6.07) is 186. The van der Waals surface area contributed by atoms with Crippen molar-refractivity contribution in [1.82, 2.24) is 44.9 Å². The summed E-state index contributed by atoms with van der Waals surface area (Å²) in [5.74, 6) is 5.82. The summed E-state index contributed by atoms with van der Waals surface area (Å²) >= 11 is 8.40. The van der Waals surface area contributed by atoms with Crippen molar-refractivity contribution >= 4 is 93.7 Å². The van der Waals surface area contributed by atoms with Gasteiger partial charge >= 0.3 is 755 Å². The second-order valence-electron chi connectivity index (χ2n) is 35.8. The first-order valence-electron chi connectivity index (χ1n) is 48.9. The third-order valence-corrected chi connectivity index (χ3v) is 29.4. The fraction of sp³-hybridized carbons (Fsp3) is 0.